The van der Waals surface area contributed by atoms with Crippen LogP contribution >= 0.6 is 0 Å². The number of carbonyl (C=O) groups excluding carboxylic acids is 3. The van der Waals surface area contributed by atoms with Gasteiger partial charge in [0.1, 0.15) is 5.76 Å². The van der Waals surface area contributed by atoms with Gasteiger partial charge in [0.15, 0.2) is 0 Å². The van der Waals surface area contributed by atoms with Crippen LogP contribution in [0.15, 0.2) is 12.3 Å². The highest BCUT2D eigenvalue weighted by Gasteiger charge is 2.08. The van der Waals surface area contributed by atoms with E-state index in [-0.39, 0.29) is 36.3 Å². The molecule has 0 aliphatic rings. The molecule has 0 aliphatic heterocycles. The van der Waals surface area contributed by atoms with Crippen molar-refractivity contribution in [1.29, 1.82) is 0 Å². The highest BCUT2D eigenvalue weighted by atomic mass is 16.5. The Morgan fingerprint density at radius 3 is 1.35 bits per heavy atom. The van der Waals surface area contributed by atoms with E-state index in [9.17, 15) is 19.5 Å². The second-order valence-electron chi connectivity index (χ2n) is 12.7. The van der Waals surface area contributed by atoms with Gasteiger partial charge in [-0.2, -0.15) is 0 Å². The van der Waals surface area contributed by atoms with Gasteiger partial charge in [-0.25, -0.2) is 0 Å². The molecule has 0 radical (unpaired) electrons. The molecule has 0 aromatic rings. The summed E-state index contributed by atoms with van der Waals surface area (Å²) in [6, 6.07) is -0.430. The molecule has 0 bridgehead atoms. The van der Waals surface area contributed by atoms with Crippen molar-refractivity contribution in [2.24, 2.45) is 5.73 Å². The van der Waals surface area contributed by atoms with Crippen LogP contribution in [-0.4, -0.2) is 88.1 Å². The molecule has 0 aromatic carbocycles. The second-order valence-corrected chi connectivity index (χ2v) is 12.7. The van der Waals surface area contributed by atoms with E-state index in [4.69, 9.17) is 19.9 Å². The lowest BCUT2D eigenvalue weighted by Crippen LogP contribution is -2.29. The predicted molar refractivity (Wildman–Crippen MR) is 194 cm³/mol. The average Bonchev–Trinajstić information content (AvgIpc) is 3.07. The molecule has 0 aromatic heterocycles. The van der Waals surface area contributed by atoms with E-state index in [0.29, 0.717) is 78.5 Å². The van der Waals surface area contributed by atoms with Crippen molar-refractivity contribution in [3.05, 3.63) is 12.3 Å². The third-order valence-corrected chi connectivity index (χ3v) is 8.10. The molecule has 11 nitrogen and oxygen atoms in total. The summed E-state index contributed by atoms with van der Waals surface area (Å²) in [4.78, 5) is 35.7. The summed E-state index contributed by atoms with van der Waals surface area (Å²) >= 11 is 0. The molecule has 0 fully saturated rings. The van der Waals surface area contributed by atoms with Crippen LogP contribution in [0.5, 0.6) is 0 Å². The quantitative estimate of drug-likeness (QED) is 0.0394. The first-order chi connectivity index (χ1) is 23.4. The van der Waals surface area contributed by atoms with Crippen LogP contribution in [0.4, 0.5) is 0 Å². The fraction of sp³-hybridized carbons (Fsp3) is 0.865. The zero-order valence-electron chi connectivity index (χ0n) is 30.5. The minimum atomic E-state index is -0.430. The number of nitrogens with two attached hydrogens (primary N) is 1. The number of aliphatic hydroxyl groups excluding tert-OH is 1. The Bertz CT molecular complexity index is 785. The van der Waals surface area contributed by atoms with Crippen molar-refractivity contribution in [3.63, 3.8) is 0 Å². The number of hydrogen-bond donors (Lipinski definition) is 5. The highest BCUT2D eigenvalue weighted by Crippen LogP contribution is 2.13. The molecule has 0 heterocycles. The van der Waals surface area contributed by atoms with E-state index in [0.717, 1.165) is 32.1 Å². The number of unbranched alkanes of at least 4 members (excludes halogenated alkanes) is 13. The molecule has 1 atom stereocenters. The molecule has 11 heteroatoms. The van der Waals surface area contributed by atoms with Crippen LogP contribution < -0.4 is 21.7 Å². The summed E-state index contributed by atoms with van der Waals surface area (Å²) in [6.45, 7) is 10.4. The summed E-state index contributed by atoms with van der Waals surface area (Å²) in [5.41, 5.74) is 5.68. The van der Waals surface area contributed by atoms with Gasteiger partial charge in [-0.15, -0.1) is 0 Å². The predicted octanol–water partition coefficient (Wildman–Crippen LogP) is 6.00. The first-order valence-corrected chi connectivity index (χ1v) is 19.0. The lowest BCUT2D eigenvalue weighted by molar-refractivity contribution is -0.126. The zero-order chi connectivity index (χ0) is 35.3. The average molecular weight is 685 g/mol. The summed E-state index contributed by atoms with van der Waals surface area (Å²) < 4.78 is 16.6. The van der Waals surface area contributed by atoms with E-state index in [1.807, 2.05) is 0 Å². The van der Waals surface area contributed by atoms with Gasteiger partial charge in [-0.05, 0) is 38.5 Å². The Kier molecular flexibility index (Phi) is 34.4. The van der Waals surface area contributed by atoms with Crippen LogP contribution in [0.1, 0.15) is 142 Å². The van der Waals surface area contributed by atoms with Gasteiger partial charge >= 0.3 is 0 Å². The Balaban J connectivity index is 3.31. The molecule has 282 valence electrons. The van der Waals surface area contributed by atoms with Crippen LogP contribution in [0.3, 0.4) is 0 Å². The summed E-state index contributed by atoms with van der Waals surface area (Å²) in [6.07, 6.45) is 21.5. The Morgan fingerprint density at radius 2 is 0.917 bits per heavy atom. The van der Waals surface area contributed by atoms with Crippen molar-refractivity contribution >= 4 is 17.7 Å². The third kappa shape index (κ3) is 35.1. The van der Waals surface area contributed by atoms with Gasteiger partial charge in [0.2, 0.25) is 17.7 Å². The molecule has 0 rings (SSSR count). The maximum Gasteiger partial charge on any atom is 0.220 e. The molecule has 48 heavy (non-hydrogen) atoms. The molecule has 0 spiro atoms. The number of rotatable bonds is 37. The number of hydrogen-bond acceptors (Lipinski definition) is 8. The van der Waals surface area contributed by atoms with Crippen LogP contribution in [0, 0.1) is 0 Å². The fourth-order valence-electron chi connectivity index (χ4n) is 5.03. The molecule has 0 saturated heterocycles. The molecule has 6 N–H and O–H groups in total. The van der Waals surface area contributed by atoms with Crippen molar-refractivity contribution in [2.45, 2.75) is 148 Å². The van der Waals surface area contributed by atoms with Crippen LogP contribution in [0.25, 0.3) is 0 Å². The number of ether oxygens (including phenoxy) is 3. The highest BCUT2D eigenvalue weighted by molar-refractivity contribution is 5.83. The van der Waals surface area contributed by atoms with Crippen LogP contribution in [-0.2, 0) is 28.6 Å². The maximum atomic E-state index is 12.0. The van der Waals surface area contributed by atoms with Gasteiger partial charge in [-0.3, -0.25) is 14.4 Å². The largest absolute Gasteiger partial charge is 0.511 e. The van der Waals surface area contributed by atoms with Gasteiger partial charge in [0, 0.05) is 52.1 Å². The molecular weight excluding hydrogens is 612 g/mol. The van der Waals surface area contributed by atoms with Crippen molar-refractivity contribution in [2.75, 3.05) is 59.3 Å². The zero-order valence-corrected chi connectivity index (χ0v) is 30.5. The molecule has 0 unspecified atom stereocenters. The van der Waals surface area contributed by atoms with Gasteiger partial charge in [-0.1, -0.05) is 90.6 Å². The van der Waals surface area contributed by atoms with Crippen molar-refractivity contribution in [1.82, 2.24) is 16.0 Å². The minimum absolute atomic E-state index is 0.0245. The topological polar surface area (TPSA) is 161 Å². The standard InChI is InChI=1S/C37H72N4O7/c1-3-4-5-6-7-8-9-10-11-12-13-14-15-21-35(43)40-25-18-27-46-29-31-48-32-30-47-28-19-26-41-37(45)23-22-36(44)39-24-17-16-20-34(38)33(2)42/h34,42H,2-32,38H2,1H3,(H,39,44)(H,40,43)(H,41,45)/t34-/m0/s1. The van der Waals surface area contributed by atoms with E-state index in [1.165, 1.54) is 70.6 Å². The van der Waals surface area contributed by atoms with Crippen molar-refractivity contribution in [3.8, 4) is 0 Å². The van der Waals surface area contributed by atoms with E-state index >= 15 is 0 Å². The number of nitrogens with one attached hydrogen (secondary N) is 3. The summed E-state index contributed by atoms with van der Waals surface area (Å²) in [5.74, 6) is -0.202. The summed E-state index contributed by atoms with van der Waals surface area (Å²) in [5, 5.41) is 17.7. The molecule has 0 saturated carbocycles. The fourth-order valence-corrected chi connectivity index (χ4v) is 5.03. The van der Waals surface area contributed by atoms with Crippen molar-refractivity contribution < 1.29 is 33.7 Å². The third-order valence-electron chi connectivity index (χ3n) is 8.10. The summed E-state index contributed by atoms with van der Waals surface area (Å²) in [7, 11) is 0. The van der Waals surface area contributed by atoms with Gasteiger partial charge in [0.25, 0.3) is 0 Å². The second kappa shape index (κ2) is 36.1. The molecule has 3 amide bonds. The Morgan fingerprint density at radius 1 is 0.542 bits per heavy atom. The monoisotopic (exact) mass is 685 g/mol. The van der Waals surface area contributed by atoms with Gasteiger partial charge in [0.05, 0.1) is 32.5 Å². The Hall–Kier alpha value is -2.21. The normalized spacial score (nSPS) is 11.7. The van der Waals surface area contributed by atoms with Gasteiger partial charge < -0.3 is 41.0 Å². The van der Waals surface area contributed by atoms with E-state index in [2.05, 4.69) is 29.5 Å². The first-order valence-electron chi connectivity index (χ1n) is 19.0. The number of amides is 3. The number of carbonyl (C=O) groups is 3. The lowest BCUT2D eigenvalue weighted by Gasteiger charge is -2.10. The minimum Gasteiger partial charge on any atom is -0.511 e. The van der Waals surface area contributed by atoms with E-state index in [1.54, 1.807) is 0 Å². The lowest BCUT2D eigenvalue weighted by atomic mass is 10.0. The molecular formula is C37H72N4O7. The smallest absolute Gasteiger partial charge is 0.220 e. The SMILES string of the molecule is C=C(O)[C@@H](N)CCCCNC(=O)CCC(=O)NCCCOCCOCCOCCCNC(=O)CCCCCCCCCCCCCCC. The number of aliphatic hydroxyl groups is 1. The van der Waals surface area contributed by atoms with E-state index < -0.39 is 6.04 Å². The van der Waals surface area contributed by atoms with Crippen LogP contribution in [0.2, 0.25) is 0 Å². The first kappa shape index (κ1) is 45.8. The maximum absolute atomic E-state index is 12.0. The molecule has 0 aliphatic carbocycles. The Labute approximate surface area is 292 Å².